The Morgan fingerprint density at radius 1 is 1.44 bits per heavy atom. The number of nitriles is 1. The molecule has 0 unspecified atom stereocenters. The van der Waals surface area contributed by atoms with Gasteiger partial charge >= 0.3 is 0 Å². The van der Waals surface area contributed by atoms with E-state index in [1.807, 2.05) is 19.9 Å². The lowest BCUT2D eigenvalue weighted by Gasteiger charge is -2.09. The van der Waals surface area contributed by atoms with Crippen LogP contribution < -0.4 is 5.73 Å². The minimum absolute atomic E-state index is 0.247. The summed E-state index contributed by atoms with van der Waals surface area (Å²) in [5, 5.41) is 9.10. The average molecular weight is 213 g/mol. The average Bonchev–Trinajstić information content (AvgIpc) is 2.76. The predicted octanol–water partition coefficient (Wildman–Crippen LogP) is 2.41. The zero-order valence-corrected chi connectivity index (χ0v) is 9.11. The Hall–Kier alpha value is -2.28. The van der Waals surface area contributed by atoms with E-state index in [-0.39, 0.29) is 5.82 Å². The largest absolute Gasteiger partial charge is 0.464 e. The maximum absolute atomic E-state index is 9.10. The summed E-state index contributed by atoms with van der Waals surface area (Å²) >= 11 is 0. The Labute approximate surface area is 93.3 Å². The molecule has 2 aromatic heterocycles. The van der Waals surface area contributed by atoms with E-state index < -0.39 is 0 Å². The molecule has 2 heterocycles. The molecule has 0 atom stereocenters. The van der Waals surface area contributed by atoms with Crippen molar-refractivity contribution in [3.63, 3.8) is 0 Å². The van der Waals surface area contributed by atoms with Gasteiger partial charge in [-0.1, -0.05) is 0 Å². The van der Waals surface area contributed by atoms with Crippen LogP contribution in [0.1, 0.15) is 16.8 Å². The molecule has 2 rings (SSSR count). The second kappa shape index (κ2) is 3.70. The van der Waals surface area contributed by atoms with Crippen LogP contribution in [-0.4, -0.2) is 4.98 Å². The van der Waals surface area contributed by atoms with Crippen molar-refractivity contribution in [1.82, 2.24) is 4.98 Å². The van der Waals surface area contributed by atoms with Crippen molar-refractivity contribution in [2.75, 3.05) is 5.73 Å². The second-order valence-corrected chi connectivity index (χ2v) is 3.55. The Balaban J connectivity index is 2.82. The molecule has 0 spiro atoms. The molecule has 0 bridgehead atoms. The highest BCUT2D eigenvalue weighted by Crippen LogP contribution is 2.31. The lowest BCUT2D eigenvalue weighted by molar-refractivity contribution is 0.581. The smallest absolute Gasteiger partial charge is 0.142 e. The van der Waals surface area contributed by atoms with Gasteiger partial charge in [0.2, 0.25) is 0 Å². The summed E-state index contributed by atoms with van der Waals surface area (Å²) in [5.41, 5.74) is 8.56. The third kappa shape index (κ3) is 1.43. The van der Waals surface area contributed by atoms with Gasteiger partial charge < -0.3 is 10.2 Å². The van der Waals surface area contributed by atoms with Gasteiger partial charge in [-0.05, 0) is 31.5 Å². The number of aryl methyl sites for hydroxylation is 1. The van der Waals surface area contributed by atoms with Crippen LogP contribution in [0, 0.1) is 25.2 Å². The molecule has 4 nitrogen and oxygen atoms in total. The molecule has 0 saturated heterocycles. The van der Waals surface area contributed by atoms with E-state index in [2.05, 4.69) is 11.1 Å². The van der Waals surface area contributed by atoms with Crippen LogP contribution in [-0.2, 0) is 0 Å². The van der Waals surface area contributed by atoms with Gasteiger partial charge in [-0.25, -0.2) is 4.98 Å². The molecular formula is C12H11N3O. The van der Waals surface area contributed by atoms with Crippen molar-refractivity contribution in [3.05, 3.63) is 35.2 Å². The Morgan fingerprint density at radius 2 is 2.19 bits per heavy atom. The van der Waals surface area contributed by atoms with E-state index in [0.717, 1.165) is 16.8 Å². The fraction of sp³-hybridized carbons (Fsp3) is 0.167. The van der Waals surface area contributed by atoms with Crippen molar-refractivity contribution in [3.8, 4) is 17.4 Å². The van der Waals surface area contributed by atoms with Crippen LogP contribution in [0.25, 0.3) is 11.3 Å². The molecule has 0 radical (unpaired) electrons. The Bertz CT molecular complexity index is 565. The molecular weight excluding hydrogens is 202 g/mol. The molecule has 0 fully saturated rings. The maximum atomic E-state index is 9.10. The normalized spacial score (nSPS) is 10.1. The number of nitrogens with zero attached hydrogens (tertiary/aromatic N) is 2. The first-order valence-corrected chi connectivity index (χ1v) is 4.85. The third-order valence-corrected chi connectivity index (χ3v) is 2.59. The molecule has 0 aliphatic rings. The topological polar surface area (TPSA) is 75.8 Å². The van der Waals surface area contributed by atoms with Crippen molar-refractivity contribution in [2.24, 2.45) is 0 Å². The summed E-state index contributed by atoms with van der Waals surface area (Å²) in [6.45, 7) is 3.76. The van der Waals surface area contributed by atoms with Crippen LogP contribution in [0.5, 0.6) is 0 Å². The molecule has 0 aliphatic heterocycles. The van der Waals surface area contributed by atoms with E-state index in [1.165, 1.54) is 0 Å². The summed E-state index contributed by atoms with van der Waals surface area (Å²) in [7, 11) is 0. The summed E-state index contributed by atoms with van der Waals surface area (Å²) in [4.78, 5) is 4.13. The summed E-state index contributed by atoms with van der Waals surface area (Å²) in [6.07, 6.45) is 1.57. The second-order valence-electron chi connectivity index (χ2n) is 3.55. The fourth-order valence-corrected chi connectivity index (χ4v) is 1.66. The zero-order chi connectivity index (χ0) is 11.7. The quantitative estimate of drug-likeness (QED) is 0.789. The number of pyridine rings is 1. The SMILES string of the molecule is Cc1nc(N)c(C#N)c(-c2ccco2)c1C. The summed E-state index contributed by atoms with van der Waals surface area (Å²) < 4.78 is 5.32. The summed E-state index contributed by atoms with van der Waals surface area (Å²) in [6, 6.07) is 5.66. The van der Waals surface area contributed by atoms with Crippen molar-refractivity contribution in [1.29, 1.82) is 5.26 Å². The molecule has 0 aromatic carbocycles. The van der Waals surface area contributed by atoms with E-state index in [9.17, 15) is 0 Å². The lowest BCUT2D eigenvalue weighted by Crippen LogP contribution is -2.02. The minimum atomic E-state index is 0.247. The molecule has 80 valence electrons. The van der Waals surface area contributed by atoms with Crippen molar-refractivity contribution < 1.29 is 4.42 Å². The molecule has 2 aromatic rings. The highest BCUT2D eigenvalue weighted by molar-refractivity contribution is 5.75. The Kier molecular flexibility index (Phi) is 2.37. The molecule has 0 saturated carbocycles. The van der Waals surface area contributed by atoms with Crippen LogP contribution in [0.3, 0.4) is 0 Å². The van der Waals surface area contributed by atoms with Gasteiger partial charge in [0, 0.05) is 11.3 Å². The zero-order valence-electron chi connectivity index (χ0n) is 9.11. The van der Waals surface area contributed by atoms with Gasteiger partial charge in [0.1, 0.15) is 23.2 Å². The highest BCUT2D eigenvalue weighted by atomic mass is 16.3. The maximum Gasteiger partial charge on any atom is 0.142 e. The number of nitrogens with two attached hydrogens (primary N) is 1. The number of rotatable bonds is 1. The summed E-state index contributed by atoms with van der Waals surface area (Å²) in [5.74, 6) is 0.892. The number of aromatic nitrogens is 1. The van der Waals surface area contributed by atoms with Gasteiger partial charge in [-0.15, -0.1) is 0 Å². The third-order valence-electron chi connectivity index (χ3n) is 2.59. The first kappa shape index (κ1) is 10.2. The minimum Gasteiger partial charge on any atom is -0.464 e. The fourth-order valence-electron chi connectivity index (χ4n) is 1.66. The highest BCUT2D eigenvalue weighted by Gasteiger charge is 2.16. The van der Waals surface area contributed by atoms with Gasteiger partial charge in [0.05, 0.1) is 6.26 Å². The molecule has 16 heavy (non-hydrogen) atoms. The number of hydrogen-bond acceptors (Lipinski definition) is 4. The standard InChI is InChI=1S/C12H11N3O/c1-7-8(2)15-12(14)9(6-13)11(7)10-4-3-5-16-10/h3-5H,1-2H3,(H2,14,15). The number of nitrogen functional groups attached to an aromatic ring is 1. The van der Waals surface area contributed by atoms with Crippen LogP contribution in [0.15, 0.2) is 22.8 Å². The lowest BCUT2D eigenvalue weighted by atomic mass is 10.0. The van der Waals surface area contributed by atoms with E-state index >= 15 is 0 Å². The number of anilines is 1. The molecule has 2 N–H and O–H groups in total. The molecule has 0 amide bonds. The molecule has 0 aliphatic carbocycles. The van der Waals surface area contributed by atoms with Gasteiger partial charge in [0.25, 0.3) is 0 Å². The van der Waals surface area contributed by atoms with E-state index in [1.54, 1.807) is 12.3 Å². The molecule has 4 heteroatoms. The van der Waals surface area contributed by atoms with Crippen molar-refractivity contribution in [2.45, 2.75) is 13.8 Å². The predicted molar refractivity (Wildman–Crippen MR) is 60.5 cm³/mol. The van der Waals surface area contributed by atoms with E-state index in [0.29, 0.717) is 11.3 Å². The van der Waals surface area contributed by atoms with Crippen LogP contribution in [0.2, 0.25) is 0 Å². The van der Waals surface area contributed by atoms with Gasteiger partial charge in [-0.3, -0.25) is 0 Å². The van der Waals surface area contributed by atoms with Gasteiger partial charge in [0.15, 0.2) is 0 Å². The monoisotopic (exact) mass is 213 g/mol. The first-order chi connectivity index (χ1) is 7.65. The van der Waals surface area contributed by atoms with Crippen LogP contribution >= 0.6 is 0 Å². The van der Waals surface area contributed by atoms with Gasteiger partial charge in [-0.2, -0.15) is 5.26 Å². The number of hydrogen-bond donors (Lipinski definition) is 1. The van der Waals surface area contributed by atoms with Crippen molar-refractivity contribution >= 4 is 5.82 Å². The van der Waals surface area contributed by atoms with E-state index in [4.69, 9.17) is 15.4 Å². The Morgan fingerprint density at radius 3 is 2.75 bits per heavy atom. The van der Waals surface area contributed by atoms with Crippen LogP contribution in [0.4, 0.5) is 5.82 Å². The number of furan rings is 1. The first-order valence-electron chi connectivity index (χ1n) is 4.85.